The average Bonchev–Trinajstić information content (AvgIpc) is 2.38. The predicted molar refractivity (Wildman–Crippen MR) is 85.8 cm³/mol. The van der Waals surface area contributed by atoms with Gasteiger partial charge >= 0.3 is 6.09 Å². The van der Waals surface area contributed by atoms with Crippen LogP contribution in [0.2, 0.25) is 0 Å². The van der Waals surface area contributed by atoms with Crippen LogP contribution in [-0.2, 0) is 4.74 Å². The SMILES string of the molecule is CC(C)CCCCCCCCCCCCCOC(N)=O. The van der Waals surface area contributed by atoms with Gasteiger partial charge in [0, 0.05) is 0 Å². The minimum atomic E-state index is -0.654. The fourth-order valence-electron chi connectivity index (χ4n) is 2.42. The standard InChI is InChI=1S/C17H35NO2/c1-16(2)14-12-10-8-6-4-3-5-7-9-11-13-15-20-17(18)19/h16H,3-15H2,1-2H3,(H2,18,19). The molecule has 0 radical (unpaired) electrons. The summed E-state index contributed by atoms with van der Waals surface area (Å²) in [5.41, 5.74) is 4.89. The van der Waals surface area contributed by atoms with E-state index < -0.39 is 6.09 Å². The van der Waals surface area contributed by atoms with Gasteiger partial charge in [-0.25, -0.2) is 4.79 Å². The van der Waals surface area contributed by atoms with Crippen molar-refractivity contribution in [2.45, 2.75) is 90.9 Å². The summed E-state index contributed by atoms with van der Waals surface area (Å²) in [5, 5.41) is 0. The Hall–Kier alpha value is -0.730. The van der Waals surface area contributed by atoms with E-state index in [0.29, 0.717) is 6.61 Å². The van der Waals surface area contributed by atoms with E-state index in [4.69, 9.17) is 5.73 Å². The second-order valence-electron chi connectivity index (χ2n) is 6.24. The molecule has 0 heterocycles. The molecule has 0 aromatic heterocycles. The first-order chi connectivity index (χ1) is 9.63. The van der Waals surface area contributed by atoms with Crippen molar-refractivity contribution in [2.24, 2.45) is 11.7 Å². The maximum absolute atomic E-state index is 10.3. The third-order valence-corrected chi connectivity index (χ3v) is 3.67. The number of carbonyl (C=O) groups excluding carboxylic acids is 1. The van der Waals surface area contributed by atoms with Gasteiger partial charge in [-0.2, -0.15) is 0 Å². The van der Waals surface area contributed by atoms with E-state index in [-0.39, 0.29) is 0 Å². The van der Waals surface area contributed by atoms with Gasteiger partial charge in [-0.3, -0.25) is 0 Å². The molecule has 3 heteroatoms. The summed E-state index contributed by atoms with van der Waals surface area (Å²) in [7, 11) is 0. The Kier molecular flexibility index (Phi) is 14.1. The van der Waals surface area contributed by atoms with Crippen molar-refractivity contribution in [3.63, 3.8) is 0 Å². The van der Waals surface area contributed by atoms with Gasteiger partial charge in [0.2, 0.25) is 0 Å². The predicted octanol–water partition coefficient (Wildman–Crippen LogP) is 5.42. The Balaban J connectivity index is 2.97. The summed E-state index contributed by atoms with van der Waals surface area (Å²) in [4.78, 5) is 10.3. The highest BCUT2D eigenvalue weighted by molar-refractivity contribution is 5.64. The van der Waals surface area contributed by atoms with Crippen LogP contribution in [0.4, 0.5) is 4.79 Å². The maximum Gasteiger partial charge on any atom is 0.404 e. The fourth-order valence-corrected chi connectivity index (χ4v) is 2.42. The molecule has 0 unspecified atom stereocenters. The van der Waals surface area contributed by atoms with Crippen LogP contribution >= 0.6 is 0 Å². The molecule has 3 nitrogen and oxygen atoms in total. The molecule has 0 aliphatic heterocycles. The molecular formula is C17H35NO2. The molecular weight excluding hydrogens is 250 g/mol. The summed E-state index contributed by atoms with van der Waals surface area (Å²) in [6.45, 7) is 5.09. The van der Waals surface area contributed by atoms with Crippen molar-refractivity contribution in [3.05, 3.63) is 0 Å². The van der Waals surface area contributed by atoms with E-state index in [2.05, 4.69) is 18.6 Å². The molecule has 20 heavy (non-hydrogen) atoms. The van der Waals surface area contributed by atoms with Gasteiger partial charge in [0.25, 0.3) is 0 Å². The first-order valence-corrected chi connectivity index (χ1v) is 8.55. The zero-order valence-electron chi connectivity index (χ0n) is 13.7. The second kappa shape index (κ2) is 14.7. The Labute approximate surface area is 125 Å². The molecule has 0 aromatic rings. The molecule has 0 rings (SSSR count). The summed E-state index contributed by atoms with van der Waals surface area (Å²) in [6.07, 6.45) is 15.1. The zero-order valence-corrected chi connectivity index (χ0v) is 13.7. The zero-order chi connectivity index (χ0) is 15.1. The van der Waals surface area contributed by atoms with Gasteiger partial charge in [0.05, 0.1) is 6.61 Å². The molecule has 0 fully saturated rings. The van der Waals surface area contributed by atoms with Crippen molar-refractivity contribution in [3.8, 4) is 0 Å². The monoisotopic (exact) mass is 285 g/mol. The third-order valence-electron chi connectivity index (χ3n) is 3.67. The summed E-state index contributed by atoms with van der Waals surface area (Å²) >= 11 is 0. The Morgan fingerprint density at radius 1 is 0.800 bits per heavy atom. The van der Waals surface area contributed by atoms with Crippen molar-refractivity contribution < 1.29 is 9.53 Å². The molecule has 120 valence electrons. The lowest BCUT2D eigenvalue weighted by Crippen LogP contribution is -2.13. The van der Waals surface area contributed by atoms with Gasteiger partial charge in [-0.15, -0.1) is 0 Å². The highest BCUT2D eigenvalue weighted by Gasteiger charge is 1.96. The molecule has 0 saturated heterocycles. The van der Waals surface area contributed by atoms with Crippen LogP contribution < -0.4 is 5.73 Å². The van der Waals surface area contributed by atoms with Gasteiger partial charge in [-0.05, 0) is 12.3 Å². The van der Waals surface area contributed by atoms with E-state index in [9.17, 15) is 4.79 Å². The first-order valence-electron chi connectivity index (χ1n) is 8.55. The lowest BCUT2D eigenvalue weighted by molar-refractivity contribution is 0.154. The summed E-state index contributed by atoms with van der Waals surface area (Å²) < 4.78 is 4.69. The van der Waals surface area contributed by atoms with Crippen molar-refractivity contribution in [1.29, 1.82) is 0 Å². The second-order valence-corrected chi connectivity index (χ2v) is 6.24. The molecule has 0 saturated carbocycles. The topological polar surface area (TPSA) is 52.3 Å². The van der Waals surface area contributed by atoms with Gasteiger partial charge in [0.1, 0.15) is 0 Å². The van der Waals surface area contributed by atoms with Crippen LogP contribution in [0.25, 0.3) is 0 Å². The van der Waals surface area contributed by atoms with Crippen LogP contribution in [-0.4, -0.2) is 12.7 Å². The largest absolute Gasteiger partial charge is 0.450 e. The Morgan fingerprint density at radius 3 is 1.60 bits per heavy atom. The minimum Gasteiger partial charge on any atom is -0.450 e. The van der Waals surface area contributed by atoms with E-state index in [1.54, 1.807) is 0 Å². The molecule has 2 N–H and O–H groups in total. The molecule has 0 aliphatic carbocycles. The smallest absolute Gasteiger partial charge is 0.404 e. The fraction of sp³-hybridized carbons (Fsp3) is 0.941. The van der Waals surface area contributed by atoms with E-state index >= 15 is 0 Å². The van der Waals surface area contributed by atoms with Crippen LogP contribution in [0.5, 0.6) is 0 Å². The highest BCUT2D eigenvalue weighted by atomic mass is 16.5. The summed E-state index contributed by atoms with van der Waals surface area (Å²) in [5.74, 6) is 0.864. The molecule has 0 aliphatic rings. The maximum atomic E-state index is 10.3. The number of unbranched alkanes of at least 4 members (excludes halogenated alkanes) is 10. The van der Waals surface area contributed by atoms with Gasteiger partial charge in [-0.1, -0.05) is 84.5 Å². The highest BCUT2D eigenvalue weighted by Crippen LogP contribution is 2.13. The van der Waals surface area contributed by atoms with Gasteiger partial charge in [0.15, 0.2) is 0 Å². The number of hydrogen-bond donors (Lipinski definition) is 1. The molecule has 0 atom stereocenters. The number of carbonyl (C=O) groups is 1. The normalized spacial score (nSPS) is 10.9. The third kappa shape index (κ3) is 17.3. The van der Waals surface area contributed by atoms with Crippen LogP contribution in [0, 0.1) is 5.92 Å². The van der Waals surface area contributed by atoms with Gasteiger partial charge < -0.3 is 10.5 Å². The first kappa shape index (κ1) is 19.3. The number of amides is 1. The lowest BCUT2D eigenvalue weighted by atomic mass is 10.0. The average molecular weight is 285 g/mol. The quantitative estimate of drug-likeness (QED) is 0.433. The van der Waals surface area contributed by atoms with Crippen molar-refractivity contribution in [1.82, 2.24) is 0 Å². The van der Waals surface area contributed by atoms with Crippen LogP contribution in [0.15, 0.2) is 0 Å². The molecule has 1 amide bonds. The molecule has 0 bridgehead atoms. The number of hydrogen-bond acceptors (Lipinski definition) is 2. The minimum absolute atomic E-state index is 0.478. The molecule has 0 spiro atoms. The van der Waals surface area contributed by atoms with E-state index in [1.165, 1.54) is 64.2 Å². The van der Waals surface area contributed by atoms with Crippen LogP contribution in [0.3, 0.4) is 0 Å². The lowest BCUT2D eigenvalue weighted by Gasteiger charge is -2.05. The number of rotatable bonds is 14. The van der Waals surface area contributed by atoms with E-state index in [1.807, 2.05) is 0 Å². The summed E-state index contributed by atoms with van der Waals surface area (Å²) in [6, 6.07) is 0. The number of primary amides is 1. The van der Waals surface area contributed by atoms with Crippen LogP contribution in [0.1, 0.15) is 90.9 Å². The van der Waals surface area contributed by atoms with E-state index in [0.717, 1.165) is 18.8 Å². The Morgan fingerprint density at radius 2 is 1.20 bits per heavy atom. The van der Waals surface area contributed by atoms with Crippen molar-refractivity contribution in [2.75, 3.05) is 6.61 Å². The number of nitrogens with two attached hydrogens (primary N) is 1. The Bertz CT molecular complexity index is 217. The van der Waals surface area contributed by atoms with Crippen molar-refractivity contribution >= 4 is 6.09 Å². The number of ether oxygens (including phenoxy) is 1. The molecule has 0 aromatic carbocycles.